The third kappa shape index (κ3) is 2.89. The number of ether oxygens (including phenoxy) is 1. The molecule has 0 saturated carbocycles. The third-order valence-electron chi connectivity index (χ3n) is 1.43. The molecule has 0 aliphatic rings. The van der Waals surface area contributed by atoms with Crippen LogP contribution in [0.25, 0.3) is 0 Å². The van der Waals surface area contributed by atoms with Crippen LogP contribution in [-0.2, 0) is 20.9 Å². The molecule has 1 rings (SSSR count). The van der Waals surface area contributed by atoms with Crippen LogP contribution >= 0.6 is 0 Å². The molecular weight excluding hydrogens is 186 g/mol. The predicted octanol–water partition coefficient (Wildman–Crippen LogP) is -0.411. The summed E-state index contributed by atoms with van der Waals surface area (Å²) in [5, 5.41) is 2.36. The Labute approximate surface area is 80.7 Å². The lowest BCUT2D eigenvalue weighted by Gasteiger charge is -2.01. The zero-order chi connectivity index (χ0) is 10.4. The lowest BCUT2D eigenvalue weighted by atomic mass is 10.5. The van der Waals surface area contributed by atoms with Gasteiger partial charge in [-0.3, -0.25) is 4.79 Å². The van der Waals surface area contributed by atoms with Crippen molar-refractivity contribution in [2.75, 3.05) is 6.61 Å². The molecule has 0 spiro atoms. The van der Waals surface area contributed by atoms with Gasteiger partial charge in [-0.2, -0.15) is 0 Å². The van der Waals surface area contributed by atoms with Gasteiger partial charge >= 0.3 is 11.9 Å². The minimum absolute atomic E-state index is 0.185. The smallest absolute Gasteiger partial charge is 0.396 e. The van der Waals surface area contributed by atoms with Gasteiger partial charge in [0.25, 0.3) is 0 Å². The second-order valence-corrected chi connectivity index (χ2v) is 2.44. The standard InChI is InChI=1S/C8H11N3O3/c1-2-14-8(13)7(12)11-5-6-9-3-4-10-6/h3-4H,2,5H2,1H3,(H,9,10)(H,11,12). The molecule has 0 fully saturated rings. The Morgan fingerprint density at radius 2 is 2.43 bits per heavy atom. The zero-order valence-electron chi connectivity index (χ0n) is 7.74. The molecule has 76 valence electrons. The van der Waals surface area contributed by atoms with Crippen LogP contribution in [0, 0.1) is 0 Å². The molecule has 0 aromatic carbocycles. The first-order valence-corrected chi connectivity index (χ1v) is 4.17. The number of carbonyl (C=O) groups excluding carboxylic acids is 2. The number of aromatic nitrogens is 2. The summed E-state index contributed by atoms with van der Waals surface area (Å²) < 4.78 is 4.49. The molecular formula is C8H11N3O3. The largest absolute Gasteiger partial charge is 0.459 e. The molecule has 0 atom stereocenters. The highest BCUT2D eigenvalue weighted by Gasteiger charge is 2.13. The van der Waals surface area contributed by atoms with Crippen molar-refractivity contribution in [3.8, 4) is 0 Å². The summed E-state index contributed by atoms with van der Waals surface area (Å²) in [6.07, 6.45) is 3.19. The van der Waals surface area contributed by atoms with Gasteiger partial charge in [0, 0.05) is 12.4 Å². The Morgan fingerprint density at radius 1 is 1.64 bits per heavy atom. The fourth-order valence-electron chi connectivity index (χ4n) is 0.827. The fourth-order valence-corrected chi connectivity index (χ4v) is 0.827. The van der Waals surface area contributed by atoms with E-state index in [4.69, 9.17) is 0 Å². The van der Waals surface area contributed by atoms with Gasteiger partial charge in [0.2, 0.25) is 0 Å². The number of esters is 1. The lowest BCUT2D eigenvalue weighted by Crippen LogP contribution is -2.32. The summed E-state index contributed by atoms with van der Waals surface area (Å²) >= 11 is 0. The molecule has 6 heteroatoms. The molecule has 6 nitrogen and oxygen atoms in total. The molecule has 1 heterocycles. The van der Waals surface area contributed by atoms with Crippen LogP contribution in [0.2, 0.25) is 0 Å². The van der Waals surface area contributed by atoms with Gasteiger partial charge in [0.05, 0.1) is 13.2 Å². The van der Waals surface area contributed by atoms with Crippen LogP contribution in [0.3, 0.4) is 0 Å². The van der Waals surface area contributed by atoms with E-state index < -0.39 is 11.9 Å². The van der Waals surface area contributed by atoms with Crippen LogP contribution < -0.4 is 5.32 Å². The summed E-state index contributed by atoms with van der Waals surface area (Å²) in [6, 6.07) is 0. The first-order valence-electron chi connectivity index (χ1n) is 4.17. The van der Waals surface area contributed by atoms with Crippen molar-refractivity contribution in [3.63, 3.8) is 0 Å². The first kappa shape index (κ1) is 10.2. The van der Waals surface area contributed by atoms with Crippen LogP contribution in [0.1, 0.15) is 12.7 Å². The van der Waals surface area contributed by atoms with Gasteiger partial charge < -0.3 is 15.0 Å². The average Bonchev–Trinajstić information content (AvgIpc) is 2.67. The van der Waals surface area contributed by atoms with Gasteiger partial charge in [0.15, 0.2) is 0 Å². The Balaban J connectivity index is 2.31. The van der Waals surface area contributed by atoms with E-state index in [2.05, 4.69) is 20.0 Å². The molecule has 1 aromatic heterocycles. The first-order chi connectivity index (χ1) is 6.74. The number of H-pyrrole nitrogens is 1. The molecule has 0 radical (unpaired) electrons. The summed E-state index contributed by atoms with van der Waals surface area (Å²) in [7, 11) is 0. The third-order valence-corrected chi connectivity index (χ3v) is 1.43. The van der Waals surface area contributed by atoms with E-state index in [1.54, 1.807) is 19.3 Å². The topological polar surface area (TPSA) is 84.1 Å². The summed E-state index contributed by atoms with van der Waals surface area (Å²) in [5.41, 5.74) is 0. The SMILES string of the molecule is CCOC(=O)C(=O)NCc1ncc[nH]1. The number of amides is 1. The van der Waals surface area contributed by atoms with Crippen molar-refractivity contribution in [2.45, 2.75) is 13.5 Å². The van der Waals surface area contributed by atoms with Crippen molar-refractivity contribution in [1.82, 2.24) is 15.3 Å². The number of imidazole rings is 1. The number of rotatable bonds is 3. The normalized spacial score (nSPS) is 9.50. The summed E-state index contributed by atoms with van der Waals surface area (Å²) in [4.78, 5) is 28.5. The molecule has 0 aliphatic carbocycles. The lowest BCUT2D eigenvalue weighted by molar-refractivity contribution is -0.154. The van der Waals surface area contributed by atoms with Gasteiger partial charge in [-0.05, 0) is 6.92 Å². The van der Waals surface area contributed by atoms with Crippen molar-refractivity contribution in [3.05, 3.63) is 18.2 Å². The van der Waals surface area contributed by atoms with Crippen LogP contribution in [0.4, 0.5) is 0 Å². The van der Waals surface area contributed by atoms with E-state index in [1.807, 2.05) is 0 Å². The Kier molecular flexibility index (Phi) is 3.66. The highest BCUT2D eigenvalue weighted by atomic mass is 16.5. The maximum Gasteiger partial charge on any atom is 0.396 e. The molecule has 1 aromatic rings. The number of nitrogens with zero attached hydrogens (tertiary/aromatic N) is 1. The van der Waals surface area contributed by atoms with Gasteiger partial charge in [-0.15, -0.1) is 0 Å². The second-order valence-electron chi connectivity index (χ2n) is 2.44. The highest BCUT2D eigenvalue weighted by Crippen LogP contribution is 1.87. The molecule has 14 heavy (non-hydrogen) atoms. The number of hydrogen-bond acceptors (Lipinski definition) is 4. The minimum Gasteiger partial charge on any atom is -0.459 e. The summed E-state index contributed by atoms with van der Waals surface area (Å²) in [5.74, 6) is -1.05. The predicted molar refractivity (Wildman–Crippen MR) is 47.1 cm³/mol. The van der Waals surface area contributed by atoms with E-state index in [9.17, 15) is 9.59 Å². The maximum atomic E-state index is 11.0. The summed E-state index contributed by atoms with van der Waals surface area (Å²) in [6.45, 7) is 2.01. The van der Waals surface area contributed by atoms with Crippen molar-refractivity contribution in [2.24, 2.45) is 0 Å². The fraction of sp³-hybridized carbons (Fsp3) is 0.375. The molecule has 2 N–H and O–H groups in total. The van der Waals surface area contributed by atoms with Gasteiger partial charge in [0.1, 0.15) is 5.82 Å². The van der Waals surface area contributed by atoms with Crippen molar-refractivity contribution < 1.29 is 14.3 Å². The van der Waals surface area contributed by atoms with Crippen LogP contribution in [0.5, 0.6) is 0 Å². The Bertz CT molecular complexity index is 308. The van der Waals surface area contributed by atoms with Crippen molar-refractivity contribution >= 4 is 11.9 Å². The Hall–Kier alpha value is -1.85. The highest BCUT2D eigenvalue weighted by molar-refractivity contribution is 6.32. The van der Waals surface area contributed by atoms with E-state index in [0.29, 0.717) is 5.82 Å². The maximum absolute atomic E-state index is 11.0. The number of nitrogens with one attached hydrogen (secondary N) is 2. The van der Waals surface area contributed by atoms with Crippen LogP contribution in [0.15, 0.2) is 12.4 Å². The van der Waals surface area contributed by atoms with Gasteiger partial charge in [-0.1, -0.05) is 0 Å². The number of carbonyl (C=O) groups is 2. The molecule has 0 unspecified atom stereocenters. The quantitative estimate of drug-likeness (QED) is 0.509. The van der Waals surface area contributed by atoms with Crippen molar-refractivity contribution in [1.29, 1.82) is 0 Å². The van der Waals surface area contributed by atoms with E-state index >= 15 is 0 Å². The van der Waals surface area contributed by atoms with Crippen LogP contribution in [-0.4, -0.2) is 28.5 Å². The van der Waals surface area contributed by atoms with Gasteiger partial charge in [-0.25, -0.2) is 9.78 Å². The zero-order valence-corrected chi connectivity index (χ0v) is 7.74. The van der Waals surface area contributed by atoms with E-state index in [1.165, 1.54) is 0 Å². The average molecular weight is 197 g/mol. The Morgan fingerprint density at radius 3 is 3.00 bits per heavy atom. The number of aromatic amines is 1. The minimum atomic E-state index is -0.876. The molecule has 0 bridgehead atoms. The molecule has 0 aliphatic heterocycles. The van der Waals surface area contributed by atoms with E-state index in [0.717, 1.165) is 0 Å². The number of hydrogen-bond donors (Lipinski definition) is 2. The van der Waals surface area contributed by atoms with E-state index in [-0.39, 0.29) is 13.2 Å². The second kappa shape index (κ2) is 5.00. The monoisotopic (exact) mass is 197 g/mol. The molecule has 1 amide bonds. The molecule has 0 saturated heterocycles.